The largest absolute Gasteiger partial charge is 0.411 e. The van der Waals surface area contributed by atoms with E-state index in [-0.39, 0.29) is 0 Å². The number of thiophene rings is 1. The highest BCUT2D eigenvalue weighted by Crippen LogP contribution is 2.37. The molecule has 1 heterocycles. The van der Waals surface area contributed by atoms with Crippen LogP contribution in [0.5, 0.6) is 0 Å². The van der Waals surface area contributed by atoms with Gasteiger partial charge < -0.3 is 5.21 Å². The van der Waals surface area contributed by atoms with Gasteiger partial charge in [-0.1, -0.05) is 53.2 Å². The van der Waals surface area contributed by atoms with E-state index in [1.165, 1.54) is 16.5 Å². The van der Waals surface area contributed by atoms with Gasteiger partial charge in [0.05, 0.1) is 6.21 Å². The highest BCUT2D eigenvalue weighted by Gasteiger charge is 2.11. The first-order chi connectivity index (χ1) is 9.29. The predicted molar refractivity (Wildman–Crippen MR) is 81.4 cm³/mol. The fourth-order valence-corrected chi connectivity index (χ4v) is 3.35. The van der Waals surface area contributed by atoms with Crippen molar-refractivity contribution in [1.29, 1.82) is 0 Å². The van der Waals surface area contributed by atoms with Gasteiger partial charge in [0.2, 0.25) is 0 Å². The number of fused-ring (bicyclic) bond motifs is 1. The summed E-state index contributed by atoms with van der Waals surface area (Å²) in [6.07, 6.45) is 1.52. The molecule has 0 amide bonds. The number of aryl methyl sites for hydroxylation is 1. The van der Waals surface area contributed by atoms with Crippen molar-refractivity contribution < 1.29 is 5.21 Å². The first-order valence-electron chi connectivity index (χ1n) is 6.05. The van der Waals surface area contributed by atoms with Crippen LogP contribution in [0.2, 0.25) is 0 Å². The molecule has 0 aliphatic rings. The lowest BCUT2D eigenvalue weighted by Crippen LogP contribution is -1.83. The molecule has 1 N–H and O–H groups in total. The van der Waals surface area contributed by atoms with E-state index in [1.807, 2.05) is 12.1 Å². The molecular weight excluding hydrogens is 254 g/mol. The van der Waals surface area contributed by atoms with Crippen molar-refractivity contribution in [1.82, 2.24) is 0 Å². The summed E-state index contributed by atoms with van der Waals surface area (Å²) >= 11 is 1.72. The molecule has 0 saturated heterocycles. The highest BCUT2D eigenvalue weighted by atomic mass is 32.1. The van der Waals surface area contributed by atoms with Crippen molar-refractivity contribution in [3.63, 3.8) is 0 Å². The standard InChI is InChI=1S/C16H13NOS/c1-11-6-8-12(9-7-11)16-14(10-17-18)13-4-2-3-5-15(13)19-16/h2-10,18H,1H3. The predicted octanol–water partition coefficient (Wildman–Crippen LogP) is 4.68. The van der Waals surface area contributed by atoms with E-state index in [2.05, 4.69) is 48.5 Å². The average Bonchev–Trinajstić information content (AvgIpc) is 2.79. The van der Waals surface area contributed by atoms with E-state index in [4.69, 9.17) is 5.21 Å². The molecule has 19 heavy (non-hydrogen) atoms. The second-order valence-corrected chi connectivity index (χ2v) is 5.50. The van der Waals surface area contributed by atoms with Crippen LogP contribution in [0.15, 0.2) is 53.7 Å². The molecule has 2 aromatic carbocycles. The summed E-state index contributed by atoms with van der Waals surface area (Å²) in [4.78, 5) is 1.14. The maximum Gasteiger partial charge on any atom is 0.0754 e. The Labute approximate surface area is 115 Å². The van der Waals surface area contributed by atoms with Gasteiger partial charge in [0.25, 0.3) is 0 Å². The smallest absolute Gasteiger partial charge is 0.0754 e. The molecule has 3 rings (SSSR count). The molecule has 3 heteroatoms. The Hall–Kier alpha value is -2.13. The van der Waals surface area contributed by atoms with Crippen molar-refractivity contribution in [2.24, 2.45) is 5.16 Å². The molecule has 0 fully saturated rings. The molecule has 94 valence electrons. The average molecular weight is 267 g/mol. The van der Waals surface area contributed by atoms with E-state index in [0.29, 0.717) is 0 Å². The number of oxime groups is 1. The molecule has 1 aromatic heterocycles. The minimum absolute atomic E-state index is 0.979. The van der Waals surface area contributed by atoms with Crippen LogP contribution in [0.4, 0.5) is 0 Å². The molecule has 2 nitrogen and oxygen atoms in total. The van der Waals surface area contributed by atoms with Gasteiger partial charge in [0.15, 0.2) is 0 Å². The molecule has 0 unspecified atom stereocenters. The number of rotatable bonds is 2. The maximum absolute atomic E-state index is 8.89. The van der Waals surface area contributed by atoms with Gasteiger partial charge in [0, 0.05) is 20.5 Å². The van der Waals surface area contributed by atoms with Crippen molar-refractivity contribution >= 4 is 27.6 Å². The molecule has 0 radical (unpaired) electrons. The lowest BCUT2D eigenvalue weighted by Gasteiger charge is -2.00. The lowest BCUT2D eigenvalue weighted by atomic mass is 10.1. The highest BCUT2D eigenvalue weighted by molar-refractivity contribution is 7.22. The summed E-state index contributed by atoms with van der Waals surface area (Å²) in [5.41, 5.74) is 3.37. The van der Waals surface area contributed by atoms with Crippen LogP contribution >= 0.6 is 11.3 Å². The van der Waals surface area contributed by atoms with Crippen molar-refractivity contribution in [2.45, 2.75) is 6.92 Å². The van der Waals surface area contributed by atoms with E-state index in [1.54, 1.807) is 11.3 Å². The Kier molecular flexibility index (Phi) is 3.05. The van der Waals surface area contributed by atoms with Gasteiger partial charge in [-0.3, -0.25) is 0 Å². The summed E-state index contributed by atoms with van der Waals surface area (Å²) < 4.78 is 1.20. The minimum Gasteiger partial charge on any atom is -0.411 e. The minimum atomic E-state index is 0.979. The van der Waals surface area contributed by atoms with Crippen LogP contribution in [0, 0.1) is 6.92 Å². The van der Waals surface area contributed by atoms with Crippen molar-refractivity contribution in [2.75, 3.05) is 0 Å². The topological polar surface area (TPSA) is 32.6 Å². The lowest BCUT2D eigenvalue weighted by molar-refractivity contribution is 0.322. The van der Waals surface area contributed by atoms with Gasteiger partial charge in [-0.05, 0) is 18.6 Å². The SMILES string of the molecule is Cc1ccc(-c2sc3ccccc3c2C=NO)cc1. The Morgan fingerprint density at radius 3 is 2.53 bits per heavy atom. The number of hydrogen-bond donors (Lipinski definition) is 1. The molecule has 0 spiro atoms. The molecule has 0 aliphatic carbocycles. The van der Waals surface area contributed by atoms with Gasteiger partial charge in [0.1, 0.15) is 0 Å². The molecule has 3 aromatic rings. The van der Waals surface area contributed by atoms with E-state index in [9.17, 15) is 0 Å². The third kappa shape index (κ3) is 2.13. The van der Waals surface area contributed by atoms with E-state index < -0.39 is 0 Å². The maximum atomic E-state index is 8.89. The normalized spacial score (nSPS) is 11.4. The number of nitrogens with zero attached hydrogens (tertiary/aromatic N) is 1. The quantitative estimate of drug-likeness (QED) is 0.408. The van der Waals surface area contributed by atoms with Crippen molar-refractivity contribution in [3.05, 3.63) is 59.7 Å². The second kappa shape index (κ2) is 4.86. The Morgan fingerprint density at radius 2 is 1.79 bits per heavy atom. The summed E-state index contributed by atoms with van der Waals surface area (Å²) in [6.45, 7) is 2.07. The monoisotopic (exact) mass is 267 g/mol. The van der Waals surface area contributed by atoms with Crippen molar-refractivity contribution in [3.8, 4) is 10.4 Å². The molecular formula is C16H13NOS. The number of hydrogen-bond acceptors (Lipinski definition) is 3. The van der Waals surface area contributed by atoms with Gasteiger partial charge in [-0.2, -0.15) is 0 Å². The summed E-state index contributed by atoms with van der Waals surface area (Å²) in [5, 5.41) is 13.2. The molecule has 0 aliphatic heterocycles. The third-order valence-corrected chi connectivity index (χ3v) is 4.37. The van der Waals surface area contributed by atoms with Crippen LogP contribution < -0.4 is 0 Å². The first kappa shape index (κ1) is 11.9. The third-order valence-electron chi connectivity index (χ3n) is 3.13. The summed E-state index contributed by atoms with van der Waals surface area (Å²) in [6, 6.07) is 16.6. The van der Waals surface area contributed by atoms with E-state index in [0.717, 1.165) is 21.4 Å². The first-order valence-corrected chi connectivity index (χ1v) is 6.87. The van der Waals surface area contributed by atoms with Gasteiger partial charge in [-0.25, -0.2) is 0 Å². The fraction of sp³-hybridized carbons (Fsp3) is 0.0625. The van der Waals surface area contributed by atoms with Crippen LogP contribution in [-0.2, 0) is 0 Å². The Morgan fingerprint density at radius 1 is 1.05 bits per heavy atom. The van der Waals surface area contributed by atoms with Crippen LogP contribution in [0.25, 0.3) is 20.5 Å². The fourth-order valence-electron chi connectivity index (χ4n) is 2.17. The van der Waals surface area contributed by atoms with E-state index >= 15 is 0 Å². The van der Waals surface area contributed by atoms with Crippen LogP contribution in [0.1, 0.15) is 11.1 Å². The number of benzene rings is 2. The van der Waals surface area contributed by atoms with Gasteiger partial charge >= 0.3 is 0 Å². The molecule has 0 atom stereocenters. The van der Waals surface area contributed by atoms with Crippen LogP contribution in [0.3, 0.4) is 0 Å². The zero-order valence-corrected chi connectivity index (χ0v) is 11.3. The molecule has 0 bridgehead atoms. The summed E-state index contributed by atoms with van der Waals surface area (Å²) in [5.74, 6) is 0. The van der Waals surface area contributed by atoms with Crippen LogP contribution in [-0.4, -0.2) is 11.4 Å². The Balaban J connectivity index is 2.27. The molecule has 0 saturated carbocycles. The zero-order chi connectivity index (χ0) is 13.2. The Bertz CT molecular complexity index is 741. The summed E-state index contributed by atoms with van der Waals surface area (Å²) in [7, 11) is 0. The zero-order valence-electron chi connectivity index (χ0n) is 10.5. The van der Waals surface area contributed by atoms with Gasteiger partial charge in [-0.15, -0.1) is 11.3 Å². The second-order valence-electron chi connectivity index (χ2n) is 4.45.